The molecular formula is C33H30Cl2N2O8. The zero-order valence-electron chi connectivity index (χ0n) is 24.9. The van der Waals surface area contributed by atoms with Gasteiger partial charge in [0.1, 0.15) is 0 Å². The Morgan fingerprint density at radius 3 is 2.18 bits per heavy atom. The minimum atomic E-state index is -1.91. The van der Waals surface area contributed by atoms with Gasteiger partial charge < -0.3 is 14.6 Å². The minimum absolute atomic E-state index is 0.124. The van der Waals surface area contributed by atoms with Gasteiger partial charge in [0.25, 0.3) is 11.8 Å². The van der Waals surface area contributed by atoms with Crippen molar-refractivity contribution in [3.05, 3.63) is 65.3 Å². The number of aromatic hydroxyl groups is 1. The van der Waals surface area contributed by atoms with E-state index in [4.69, 9.17) is 32.7 Å². The van der Waals surface area contributed by atoms with Gasteiger partial charge in [0, 0.05) is 18.5 Å². The largest absolute Gasteiger partial charge is 0.502 e. The molecule has 2 aliphatic carbocycles. The van der Waals surface area contributed by atoms with Crippen molar-refractivity contribution in [2.75, 3.05) is 26.2 Å². The molecule has 2 heterocycles. The van der Waals surface area contributed by atoms with Crippen molar-refractivity contribution in [3.8, 4) is 17.2 Å². The average molecular weight is 654 g/mol. The molecule has 6 rings (SSSR count). The van der Waals surface area contributed by atoms with E-state index < -0.39 is 51.1 Å². The standard InChI is InChI=1S/C33H30Cl2N2O8/c1-16(38)18-6-8-19(9-7-18)37-28(40)21-11-10-20-22(26(21)29(37)41)15-32(34)30(42)36(2)31(43)33(32,35)23(20)12-5-17-13-24(44-3)27(39)25(14-17)45-4/h5-10,12-14,21-23,26,39H,11,15H2,1-4H3. The van der Waals surface area contributed by atoms with Crippen LogP contribution in [0.5, 0.6) is 17.2 Å². The topological polar surface area (TPSA) is 131 Å². The SMILES string of the molecule is COc1cc(C=CC2C3=CCC4C(=O)N(c5ccc(C(C)=O)cc5)C(=O)C4C3CC3(Cl)C(=O)N(C)C(=O)C23Cl)cc(OC)c1O. The second kappa shape index (κ2) is 10.7. The molecule has 4 aliphatic rings. The van der Waals surface area contributed by atoms with Gasteiger partial charge in [0.15, 0.2) is 27.0 Å². The molecule has 2 saturated heterocycles. The summed E-state index contributed by atoms with van der Waals surface area (Å²) in [4.78, 5) is 65.0. The molecule has 12 heteroatoms. The first-order chi connectivity index (χ1) is 21.3. The van der Waals surface area contributed by atoms with Crippen LogP contribution in [0.3, 0.4) is 0 Å². The number of hydrogen-bond acceptors (Lipinski definition) is 8. The second-order valence-electron chi connectivity index (χ2n) is 11.8. The van der Waals surface area contributed by atoms with Crippen LogP contribution in [-0.2, 0) is 19.2 Å². The fourth-order valence-electron chi connectivity index (χ4n) is 7.31. The number of carbonyl (C=O) groups is 5. The zero-order valence-corrected chi connectivity index (χ0v) is 26.4. The summed E-state index contributed by atoms with van der Waals surface area (Å²) >= 11 is 14.3. The number of benzene rings is 2. The Morgan fingerprint density at radius 2 is 1.60 bits per heavy atom. The number of ketones is 1. The predicted octanol–water partition coefficient (Wildman–Crippen LogP) is 4.35. The van der Waals surface area contributed by atoms with Crippen molar-refractivity contribution in [2.45, 2.75) is 29.5 Å². The average Bonchev–Trinajstić information content (AvgIpc) is 3.35. The first-order valence-electron chi connectivity index (χ1n) is 14.3. The third-order valence-corrected chi connectivity index (χ3v) is 11.0. The van der Waals surface area contributed by atoms with Crippen LogP contribution in [0.1, 0.15) is 35.7 Å². The maximum Gasteiger partial charge on any atom is 0.253 e. The molecule has 234 valence electrons. The number of carbonyl (C=O) groups excluding carboxylic acids is 5. The number of halogens is 2. The van der Waals surface area contributed by atoms with Gasteiger partial charge in [-0.15, -0.1) is 23.2 Å². The Kier molecular flexibility index (Phi) is 7.36. The molecule has 6 atom stereocenters. The third-order valence-electron chi connectivity index (χ3n) is 9.59. The summed E-state index contributed by atoms with van der Waals surface area (Å²) < 4.78 is 10.5. The van der Waals surface area contributed by atoms with Crippen LogP contribution in [0, 0.1) is 23.7 Å². The fourth-order valence-corrected chi connectivity index (χ4v) is 8.28. The number of likely N-dealkylation sites (tertiary alicyclic amines) is 1. The molecule has 45 heavy (non-hydrogen) atoms. The molecule has 1 N–H and O–H groups in total. The molecule has 4 amide bonds. The summed E-state index contributed by atoms with van der Waals surface area (Å²) in [6, 6.07) is 9.38. The lowest BCUT2D eigenvalue weighted by molar-refractivity contribution is -0.138. The smallest absolute Gasteiger partial charge is 0.253 e. The number of alkyl halides is 2. The molecule has 2 aromatic carbocycles. The molecule has 10 nitrogen and oxygen atoms in total. The zero-order chi connectivity index (χ0) is 32.6. The Labute approximate surface area is 269 Å². The summed E-state index contributed by atoms with van der Waals surface area (Å²) in [5.74, 6) is -5.36. The summed E-state index contributed by atoms with van der Waals surface area (Å²) in [6.07, 6.45) is 5.25. The van der Waals surface area contributed by atoms with Gasteiger partial charge in [0.05, 0.1) is 31.7 Å². The van der Waals surface area contributed by atoms with E-state index in [9.17, 15) is 29.1 Å². The Hall–Kier alpha value is -4.15. The van der Waals surface area contributed by atoms with E-state index in [0.717, 1.165) is 9.80 Å². The number of phenols is 1. The van der Waals surface area contributed by atoms with E-state index in [0.29, 0.717) is 22.4 Å². The predicted molar refractivity (Wildman–Crippen MR) is 165 cm³/mol. The van der Waals surface area contributed by atoms with Gasteiger partial charge in [-0.25, -0.2) is 0 Å². The number of amides is 4. The van der Waals surface area contributed by atoms with E-state index in [2.05, 4.69) is 0 Å². The van der Waals surface area contributed by atoms with Gasteiger partial charge >= 0.3 is 0 Å². The lowest BCUT2D eigenvalue weighted by Gasteiger charge is -2.49. The lowest BCUT2D eigenvalue weighted by Crippen LogP contribution is -2.60. The number of anilines is 1. The van der Waals surface area contributed by atoms with Crippen LogP contribution in [0.25, 0.3) is 6.08 Å². The Bertz CT molecular complexity index is 1710. The summed E-state index contributed by atoms with van der Waals surface area (Å²) in [7, 11) is 4.11. The van der Waals surface area contributed by atoms with E-state index in [1.165, 1.54) is 28.2 Å². The van der Waals surface area contributed by atoms with Crippen LogP contribution in [0.15, 0.2) is 54.1 Å². The van der Waals surface area contributed by atoms with E-state index in [1.54, 1.807) is 48.6 Å². The number of fused-ring (bicyclic) bond motifs is 4. The molecular weight excluding hydrogens is 623 g/mol. The highest BCUT2D eigenvalue weighted by Gasteiger charge is 2.75. The summed E-state index contributed by atoms with van der Waals surface area (Å²) in [5, 5.41) is 10.4. The fraction of sp³-hybridized carbons (Fsp3) is 0.364. The molecule has 3 fully saturated rings. The number of Topliss-reactive ketones (excluding diaryl/α,β-unsaturated/α-hetero) is 1. The van der Waals surface area contributed by atoms with Gasteiger partial charge in [-0.05, 0) is 67.6 Å². The van der Waals surface area contributed by atoms with Gasteiger partial charge in [-0.2, -0.15) is 0 Å². The summed E-state index contributed by atoms with van der Waals surface area (Å²) in [5.41, 5.74) is 1.97. The minimum Gasteiger partial charge on any atom is -0.502 e. The monoisotopic (exact) mass is 652 g/mol. The van der Waals surface area contributed by atoms with Crippen LogP contribution >= 0.6 is 23.2 Å². The van der Waals surface area contributed by atoms with E-state index in [-0.39, 0.29) is 41.8 Å². The highest BCUT2D eigenvalue weighted by Crippen LogP contribution is 2.63. The number of methoxy groups -OCH3 is 2. The number of imide groups is 2. The van der Waals surface area contributed by atoms with Gasteiger partial charge in [0.2, 0.25) is 17.6 Å². The molecule has 0 spiro atoms. The second-order valence-corrected chi connectivity index (χ2v) is 13.0. The van der Waals surface area contributed by atoms with E-state index in [1.807, 2.05) is 6.08 Å². The highest BCUT2D eigenvalue weighted by atomic mass is 35.5. The van der Waals surface area contributed by atoms with Gasteiger partial charge in [-0.3, -0.25) is 33.8 Å². The molecule has 0 aromatic heterocycles. The van der Waals surface area contributed by atoms with Crippen molar-refractivity contribution >= 4 is 64.4 Å². The number of rotatable bonds is 6. The van der Waals surface area contributed by atoms with Crippen molar-refractivity contribution in [2.24, 2.45) is 23.7 Å². The quantitative estimate of drug-likeness (QED) is 0.211. The first kappa shape index (κ1) is 30.9. The Balaban J connectivity index is 1.44. The van der Waals surface area contributed by atoms with Crippen molar-refractivity contribution in [1.82, 2.24) is 4.90 Å². The van der Waals surface area contributed by atoms with Crippen molar-refractivity contribution in [3.63, 3.8) is 0 Å². The normalized spacial score (nSPS) is 30.8. The Morgan fingerprint density at radius 1 is 0.978 bits per heavy atom. The number of allylic oxidation sites excluding steroid dienone is 3. The highest BCUT2D eigenvalue weighted by molar-refractivity contribution is 6.53. The molecule has 0 bridgehead atoms. The molecule has 6 unspecified atom stereocenters. The maximum atomic E-state index is 14.1. The molecule has 2 aliphatic heterocycles. The number of hydrogen-bond donors (Lipinski definition) is 1. The number of nitrogens with zero attached hydrogens (tertiary/aromatic N) is 2. The number of phenolic OH excluding ortho intramolecular Hbond substituents is 1. The number of ether oxygens (including phenoxy) is 2. The van der Waals surface area contributed by atoms with Crippen LogP contribution < -0.4 is 14.4 Å². The van der Waals surface area contributed by atoms with E-state index >= 15 is 0 Å². The summed E-state index contributed by atoms with van der Waals surface area (Å²) in [6.45, 7) is 1.43. The van der Waals surface area contributed by atoms with Crippen LogP contribution in [-0.4, -0.2) is 70.4 Å². The molecule has 1 saturated carbocycles. The van der Waals surface area contributed by atoms with Crippen molar-refractivity contribution in [1.29, 1.82) is 0 Å². The first-order valence-corrected chi connectivity index (χ1v) is 15.1. The van der Waals surface area contributed by atoms with Crippen LogP contribution in [0.2, 0.25) is 0 Å². The molecule has 2 aromatic rings. The van der Waals surface area contributed by atoms with Gasteiger partial charge in [-0.1, -0.05) is 23.8 Å². The third kappa shape index (κ3) is 4.25. The lowest BCUT2D eigenvalue weighted by atomic mass is 9.57. The van der Waals surface area contributed by atoms with Crippen LogP contribution in [0.4, 0.5) is 5.69 Å². The molecule has 0 radical (unpaired) electrons. The van der Waals surface area contributed by atoms with Crippen molar-refractivity contribution < 1.29 is 38.6 Å². The maximum absolute atomic E-state index is 14.1.